The summed E-state index contributed by atoms with van der Waals surface area (Å²) >= 11 is 0. The highest BCUT2D eigenvalue weighted by Gasteiger charge is 2.38. The van der Waals surface area contributed by atoms with Crippen LogP contribution in [0.1, 0.15) is 27.7 Å². The van der Waals surface area contributed by atoms with Crippen molar-refractivity contribution in [1.29, 1.82) is 0 Å². The highest BCUT2D eigenvalue weighted by atomic mass is 15.2. The molecule has 1 nitrogen and oxygen atoms in total. The minimum absolute atomic E-state index is 0.534. The van der Waals surface area contributed by atoms with Crippen LogP contribution in [0.2, 0.25) is 0 Å². The van der Waals surface area contributed by atoms with Gasteiger partial charge in [-0.2, -0.15) is 0 Å². The van der Waals surface area contributed by atoms with Gasteiger partial charge in [-0.05, 0) is 24.3 Å². The lowest BCUT2D eigenvalue weighted by Crippen LogP contribution is -2.52. The average molecular weight is 155 g/mol. The van der Waals surface area contributed by atoms with Crippen molar-refractivity contribution < 1.29 is 0 Å². The summed E-state index contributed by atoms with van der Waals surface area (Å²) in [6.07, 6.45) is 0. The molecule has 0 N–H and O–H groups in total. The smallest absolute Gasteiger partial charge is 0.00242 e. The molecule has 0 aromatic carbocycles. The SMILES string of the molecule is CC(C)C(C)(C)C1CN(C)C1. The number of likely N-dealkylation sites (tertiary alicyclic amines) is 1. The molecule has 1 fully saturated rings. The third-order valence-corrected chi connectivity index (χ3v) is 3.60. The molecule has 1 rings (SSSR count). The molecule has 0 aromatic heterocycles. The Morgan fingerprint density at radius 1 is 1.27 bits per heavy atom. The van der Waals surface area contributed by atoms with Crippen LogP contribution in [0.3, 0.4) is 0 Å². The molecular formula is C10H21N. The fraction of sp³-hybridized carbons (Fsp3) is 1.00. The summed E-state index contributed by atoms with van der Waals surface area (Å²) in [4.78, 5) is 2.40. The van der Waals surface area contributed by atoms with Gasteiger partial charge in [0.1, 0.15) is 0 Å². The van der Waals surface area contributed by atoms with E-state index in [4.69, 9.17) is 0 Å². The van der Waals surface area contributed by atoms with E-state index in [2.05, 4.69) is 39.6 Å². The average Bonchev–Trinajstić information content (AvgIpc) is 1.80. The molecule has 0 saturated carbocycles. The standard InChI is InChI=1S/C10H21N/c1-8(2)10(3,4)9-6-11(5)7-9/h8-9H,6-7H2,1-5H3. The van der Waals surface area contributed by atoms with Crippen molar-refractivity contribution in [2.75, 3.05) is 20.1 Å². The van der Waals surface area contributed by atoms with Gasteiger partial charge < -0.3 is 4.90 Å². The van der Waals surface area contributed by atoms with E-state index in [9.17, 15) is 0 Å². The van der Waals surface area contributed by atoms with Gasteiger partial charge in [0.05, 0.1) is 0 Å². The predicted molar refractivity (Wildman–Crippen MR) is 49.6 cm³/mol. The Labute approximate surface area is 70.8 Å². The fourth-order valence-electron chi connectivity index (χ4n) is 1.64. The van der Waals surface area contributed by atoms with Crippen molar-refractivity contribution in [1.82, 2.24) is 4.90 Å². The number of hydrogen-bond acceptors (Lipinski definition) is 1. The predicted octanol–water partition coefficient (Wildman–Crippen LogP) is 2.23. The minimum atomic E-state index is 0.534. The first-order valence-electron chi connectivity index (χ1n) is 4.63. The Bertz CT molecular complexity index is 132. The number of rotatable bonds is 2. The zero-order valence-corrected chi connectivity index (χ0v) is 8.52. The summed E-state index contributed by atoms with van der Waals surface area (Å²) < 4.78 is 0. The zero-order chi connectivity index (χ0) is 8.65. The molecule has 66 valence electrons. The molecule has 0 spiro atoms. The van der Waals surface area contributed by atoms with E-state index in [1.807, 2.05) is 0 Å². The molecule has 1 saturated heterocycles. The third kappa shape index (κ3) is 1.58. The van der Waals surface area contributed by atoms with Crippen LogP contribution >= 0.6 is 0 Å². The second-order valence-electron chi connectivity index (χ2n) is 4.89. The molecular weight excluding hydrogens is 134 g/mol. The first kappa shape index (κ1) is 9.05. The molecule has 1 heterocycles. The van der Waals surface area contributed by atoms with Gasteiger partial charge in [0, 0.05) is 13.1 Å². The Kier molecular flexibility index (Phi) is 2.29. The lowest BCUT2D eigenvalue weighted by molar-refractivity contribution is 0.00626. The second kappa shape index (κ2) is 2.78. The van der Waals surface area contributed by atoms with E-state index in [0.29, 0.717) is 5.41 Å². The molecule has 0 unspecified atom stereocenters. The number of nitrogens with zero attached hydrogens (tertiary/aromatic N) is 1. The summed E-state index contributed by atoms with van der Waals surface area (Å²) in [7, 11) is 2.20. The molecule has 1 heteroatoms. The van der Waals surface area contributed by atoms with Gasteiger partial charge in [-0.15, -0.1) is 0 Å². The van der Waals surface area contributed by atoms with Crippen LogP contribution < -0.4 is 0 Å². The maximum Gasteiger partial charge on any atom is 0.00242 e. The van der Waals surface area contributed by atoms with Crippen molar-refractivity contribution in [3.63, 3.8) is 0 Å². The van der Waals surface area contributed by atoms with E-state index in [0.717, 1.165) is 11.8 Å². The van der Waals surface area contributed by atoms with Gasteiger partial charge in [0.25, 0.3) is 0 Å². The highest BCUT2D eigenvalue weighted by molar-refractivity contribution is 4.90. The Morgan fingerprint density at radius 3 is 2.00 bits per heavy atom. The molecule has 0 aromatic rings. The van der Waals surface area contributed by atoms with Gasteiger partial charge in [-0.1, -0.05) is 27.7 Å². The third-order valence-electron chi connectivity index (χ3n) is 3.60. The van der Waals surface area contributed by atoms with Gasteiger partial charge >= 0.3 is 0 Å². The molecule has 1 aliphatic rings. The molecule has 11 heavy (non-hydrogen) atoms. The van der Waals surface area contributed by atoms with Crippen LogP contribution in [0.15, 0.2) is 0 Å². The molecule has 0 amide bonds. The Balaban J connectivity index is 2.46. The molecule has 0 atom stereocenters. The van der Waals surface area contributed by atoms with Gasteiger partial charge in [-0.25, -0.2) is 0 Å². The van der Waals surface area contributed by atoms with Crippen molar-refractivity contribution in [2.45, 2.75) is 27.7 Å². The largest absolute Gasteiger partial charge is 0.306 e. The number of hydrogen-bond donors (Lipinski definition) is 0. The maximum atomic E-state index is 2.40. The Hall–Kier alpha value is -0.0400. The first-order valence-corrected chi connectivity index (χ1v) is 4.63. The monoisotopic (exact) mass is 155 g/mol. The van der Waals surface area contributed by atoms with Gasteiger partial charge in [-0.3, -0.25) is 0 Å². The van der Waals surface area contributed by atoms with E-state index in [-0.39, 0.29) is 0 Å². The van der Waals surface area contributed by atoms with Crippen molar-refractivity contribution in [3.05, 3.63) is 0 Å². The van der Waals surface area contributed by atoms with Crippen LogP contribution in [0.4, 0.5) is 0 Å². The highest BCUT2D eigenvalue weighted by Crippen LogP contribution is 2.39. The molecule has 0 aliphatic carbocycles. The second-order valence-corrected chi connectivity index (χ2v) is 4.89. The zero-order valence-electron chi connectivity index (χ0n) is 8.52. The van der Waals surface area contributed by atoms with Crippen LogP contribution in [-0.2, 0) is 0 Å². The van der Waals surface area contributed by atoms with E-state index >= 15 is 0 Å². The maximum absolute atomic E-state index is 2.40. The minimum Gasteiger partial charge on any atom is -0.306 e. The normalized spacial score (nSPS) is 22.4. The molecule has 0 radical (unpaired) electrons. The summed E-state index contributed by atoms with van der Waals surface area (Å²) in [5, 5.41) is 0. The van der Waals surface area contributed by atoms with E-state index in [1.54, 1.807) is 0 Å². The first-order chi connectivity index (χ1) is 4.94. The van der Waals surface area contributed by atoms with Crippen LogP contribution in [-0.4, -0.2) is 25.0 Å². The van der Waals surface area contributed by atoms with Crippen molar-refractivity contribution >= 4 is 0 Å². The molecule has 1 aliphatic heterocycles. The fourth-order valence-corrected chi connectivity index (χ4v) is 1.64. The van der Waals surface area contributed by atoms with Crippen LogP contribution in [0, 0.1) is 17.3 Å². The molecule has 0 bridgehead atoms. The van der Waals surface area contributed by atoms with Crippen LogP contribution in [0.25, 0.3) is 0 Å². The van der Waals surface area contributed by atoms with Crippen molar-refractivity contribution in [3.8, 4) is 0 Å². The van der Waals surface area contributed by atoms with Crippen LogP contribution in [0.5, 0.6) is 0 Å². The van der Waals surface area contributed by atoms with E-state index < -0.39 is 0 Å². The van der Waals surface area contributed by atoms with E-state index in [1.165, 1.54) is 13.1 Å². The summed E-state index contributed by atoms with van der Waals surface area (Å²) in [5.41, 5.74) is 0.534. The summed E-state index contributed by atoms with van der Waals surface area (Å²) in [6, 6.07) is 0. The lowest BCUT2D eigenvalue weighted by Gasteiger charge is -2.48. The van der Waals surface area contributed by atoms with Crippen molar-refractivity contribution in [2.24, 2.45) is 17.3 Å². The topological polar surface area (TPSA) is 3.24 Å². The quantitative estimate of drug-likeness (QED) is 0.591. The summed E-state index contributed by atoms with van der Waals surface area (Å²) in [6.45, 7) is 12.1. The Morgan fingerprint density at radius 2 is 1.73 bits per heavy atom. The van der Waals surface area contributed by atoms with Gasteiger partial charge in [0.2, 0.25) is 0 Å². The summed E-state index contributed by atoms with van der Waals surface area (Å²) in [5.74, 6) is 1.73. The van der Waals surface area contributed by atoms with Gasteiger partial charge in [0.15, 0.2) is 0 Å². The lowest BCUT2D eigenvalue weighted by atomic mass is 9.68.